The first kappa shape index (κ1) is 17.7. The summed E-state index contributed by atoms with van der Waals surface area (Å²) in [6, 6.07) is 17.8. The molecule has 0 bridgehead atoms. The molecule has 2 aromatic carbocycles. The molecule has 0 fully saturated rings. The Morgan fingerprint density at radius 3 is 2.70 bits per heavy atom. The van der Waals surface area contributed by atoms with E-state index in [0.29, 0.717) is 18.0 Å². The first-order chi connectivity index (χ1) is 13.1. The van der Waals surface area contributed by atoms with Crippen LogP contribution in [0, 0.1) is 6.92 Å². The molecule has 0 spiro atoms. The van der Waals surface area contributed by atoms with Crippen molar-refractivity contribution < 1.29 is 4.79 Å². The first-order valence-corrected chi connectivity index (χ1v) is 9.47. The Kier molecular flexibility index (Phi) is 4.66. The Balaban J connectivity index is 1.79. The van der Waals surface area contributed by atoms with Crippen LogP contribution in [0.2, 0.25) is 5.15 Å². The fourth-order valence-electron chi connectivity index (χ4n) is 3.52. The minimum Gasteiger partial charge on any atom is -0.273 e. The summed E-state index contributed by atoms with van der Waals surface area (Å²) in [7, 11) is 0. The van der Waals surface area contributed by atoms with Gasteiger partial charge in [-0.2, -0.15) is 5.10 Å². The molecule has 0 saturated carbocycles. The molecule has 4 rings (SSSR count). The van der Waals surface area contributed by atoms with E-state index in [9.17, 15) is 4.79 Å². The van der Waals surface area contributed by atoms with Gasteiger partial charge in [0.2, 0.25) is 5.91 Å². The van der Waals surface area contributed by atoms with Crippen LogP contribution in [0.25, 0.3) is 10.9 Å². The van der Waals surface area contributed by atoms with E-state index in [1.807, 2.05) is 68.4 Å². The summed E-state index contributed by atoms with van der Waals surface area (Å²) in [5, 5.41) is 7.67. The molecule has 0 unspecified atom stereocenters. The second-order valence-corrected chi connectivity index (χ2v) is 7.10. The van der Waals surface area contributed by atoms with Gasteiger partial charge in [-0.1, -0.05) is 67.1 Å². The zero-order valence-electron chi connectivity index (χ0n) is 15.3. The molecule has 1 atom stereocenters. The number of hydrogen-bond donors (Lipinski definition) is 0. The summed E-state index contributed by atoms with van der Waals surface area (Å²) in [6.07, 6.45) is 1.01. The van der Waals surface area contributed by atoms with Crippen molar-refractivity contribution in [1.29, 1.82) is 0 Å². The molecule has 1 amide bonds. The van der Waals surface area contributed by atoms with Crippen LogP contribution in [0.3, 0.4) is 0 Å². The smallest absolute Gasteiger partial charge is 0.242 e. The van der Waals surface area contributed by atoms with Gasteiger partial charge in [0.25, 0.3) is 0 Å². The molecule has 27 heavy (non-hydrogen) atoms. The summed E-state index contributed by atoms with van der Waals surface area (Å²) in [6.45, 7) is 3.86. The number of hydrogen-bond acceptors (Lipinski definition) is 3. The van der Waals surface area contributed by atoms with E-state index < -0.39 is 0 Å². The van der Waals surface area contributed by atoms with Crippen LogP contribution in [-0.2, 0) is 4.79 Å². The number of nitrogens with zero attached hydrogens (tertiary/aromatic N) is 3. The monoisotopic (exact) mass is 377 g/mol. The highest BCUT2D eigenvalue weighted by Gasteiger charge is 2.34. The SMILES string of the molecule is CCC(=O)N1N=C(c2ccccc2)C[C@H]1c1cc2cccc(C)c2nc1Cl. The summed E-state index contributed by atoms with van der Waals surface area (Å²) < 4.78 is 0. The minimum absolute atomic E-state index is 0.0219. The maximum Gasteiger partial charge on any atom is 0.242 e. The Morgan fingerprint density at radius 2 is 1.96 bits per heavy atom. The van der Waals surface area contributed by atoms with Crippen LogP contribution in [0.4, 0.5) is 0 Å². The van der Waals surface area contributed by atoms with Crippen LogP contribution in [0.1, 0.15) is 42.5 Å². The number of halogens is 1. The standard InChI is InChI=1S/C22H20ClN3O/c1-3-20(27)26-19(13-18(25-26)15-9-5-4-6-10-15)17-12-16-11-7-8-14(2)21(16)24-22(17)23/h4-12,19H,3,13H2,1-2H3/t19-/m0/s1. The maximum absolute atomic E-state index is 12.6. The highest BCUT2D eigenvalue weighted by atomic mass is 35.5. The molecular formula is C22H20ClN3O. The summed E-state index contributed by atoms with van der Waals surface area (Å²) in [5.41, 5.74) is 4.72. The van der Waals surface area contributed by atoms with Crippen molar-refractivity contribution >= 4 is 34.1 Å². The van der Waals surface area contributed by atoms with Gasteiger partial charge in [0.1, 0.15) is 5.15 Å². The number of amides is 1. The van der Waals surface area contributed by atoms with Crippen molar-refractivity contribution in [1.82, 2.24) is 9.99 Å². The molecule has 0 N–H and O–H groups in total. The van der Waals surface area contributed by atoms with Crippen molar-refractivity contribution in [3.8, 4) is 0 Å². The van der Waals surface area contributed by atoms with Gasteiger partial charge in [-0.3, -0.25) is 4.79 Å². The second kappa shape index (κ2) is 7.12. The van der Waals surface area contributed by atoms with Crippen molar-refractivity contribution in [2.45, 2.75) is 32.7 Å². The molecule has 0 aliphatic carbocycles. The normalized spacial score (nSPS) is 16.6. The van der Waals surface area contributed by atoms with Gasteiger partial charge in [0, 0.05) is 23.8 Å². The van der Waals surface area contributed by atoms with Gasteiger partial charge >= 0.3 is 0 Å². The lowest BCUT2D eigenvalue weighted by Gasteiger charge is -2.22. The molecule has 1 aliphatic heterocycles. The number of aryl methyl sites for hydroxylation is 1. The summed E-state index contributed by atoms with van der Waals surface area (Å²) in [4.78, 5) is 17.2. The van der Waals surface area contributed by atoms with Gasteiger partial charge < -0.3 is 0 Å². The number of carbonyl (C=O) groups is 1. The lowest BCUT2D eigenvalue weighted by atomic mass is 9.98. The molecule has 0 saturated heterocycles. The first-order valence-electron chi connectivity index (χ1n) is 9.09. The minimum atomic E-state index is -0.238. The van der Waals surface area contributed by atoms with Crippen molar-refractivity contribution in [3.05, 3.63) is 76.4 Å². The fourth-order valence-corrected chi connectivity index (χ4v) is 3.79. The van der Waals surface area contributed by atoms with E-state index in [4.69, 9.17) is 11.6 Å². The molecule has 136 valence electrons. The van der Waals surface area contributed by atoms with E-state index in [1.165, 1.54) is 0 Å². The highest BCUT2D eigenvalue weighted by Crippen LogP contribution is 2.37. The number of para-hydroxylation sites is 1. The van der Waals surface area contributed by atoms with Crippen LogP contribution in [0.5, 0.6) is 0 Å². The average Bonchev–Trinajstić information content (AvgIpc) is 3.13. The molecular weight excluding hydrogens is 358 g/mol. The number of fused-ring (bicyclic) bond motifs is 1. The van der Waals surface area contributed by atoms with Gasteiger partial charge in [-0.25, -0.2) is 9.99 Å². The van der Waals surface area contributed by atoms with Gasteiger partial charge in [0.05, 0.1) is 17.3 Å². The molecule has 0 radical (unpaired) electrons. The van der Waals surface area contributed by atoms with Crippen molar-refractivity contribution in [3.63, 3.8) is 0 Å². The number of benzene rings is 2. The summed E-state index contributed by atoms with van der Waals surface area (Å²) in [5.74, 6) is -0.0219. The van der Waals surface area contributed by atoms with Gasteiger partial charge in [0.15, 0.2) is 0 Å². The molecule has 5 heteroatoms. The van der Waals surface area contributed by atoms with Crippen molar-refractivity contribution in [2.24, 2.45) is 5.10 Å². The van der Waals surface area contributed by atoms with Gasteiger partial charge in [-0.15, -0.1) is 0 Å². The number of hydrazone groups is 1. The Morgan fingerprint density at radius 1 is 1.19 bits per heavy atom. The quantitative estimate of drug-likeness (QED) is 0.582. The molecule has 1 aromatic heterocycles. The fraction of sp³-hybridized carbons (Fsp3) is 0.227. The lowest BCUT2D eigenvalue weighted by molar-refractivity contribution is -0.132. The Hall–Kier alpha value is -2.72. The molecule has 2 heterocycles. The van der Waals surface area contributed by atoms with E-state index >= 15 is 0 Å². The predicted octanol–water partition coefficient (Wildman–Crippen LogP) is 5.28. The van der Waals surface area contributed by atoms with Crippen molar-refractivity contribution in [2.75, 3.05) is 0 Å². The average molecular weight is 378 g/mol. The predicted molar refractivity (Wildman–Crippen MR) is 109 cm³/mol. The molecule has 3 aromatic rings. The van der Waals surface area contributed by atoms with E-state index in [1.54, 1.807) is 5.01 Å². The van der Waals surface area contributed by atoms with Crippen LogP contribution in [-0.4, -0.2) is 21.6 Å². The van der Waals surface area contributed by atoms with Crippen LogP contribution in [0.15, 0.2) is 59.7 Å². The lowest BCUT2D eigenvalue weighted by Crippen LogP contribution is -2.26. The zero-order valence-corrected chi connectivity index (χ0v) is 16.1. The molecule has 1 aliphatic rings. The number of aromatic nitrogens is 1. The van der Waals surface area contributed by atoms with E-state index in [0.717, 1.165) is 33.3 Å². The number of pyridine rings is 1. The second-order valence-electron chi connectivity index (χ2n) is 6.74. The number of carbonyl (C=O) groups excluding carboxylic acids is 1. The number of rotatable bonds is 3. The third-order valence-electron chi connectivity index (χ3n) is 4.96. The van der Waals surface area contributed by atoms with Crippen LogP contribution < -0.4 is 0 Å². The zero-order chi connectivity index (χ0) is 19.0. The largest absolute Gasteiger partial charge is 0.273 e. The van der Waals surface area contributed by atoms with Crippen LogP contribution >= 0.6 is 11.6 Å². The van der Waals surface area contributed by atoms with Gasteiger partial charge in [-0.05, 0) is 24.1 Å². The maximum atomic E-state index is 12.6. The highest BCUT2D eigenvalue weighted by molar-refractivity contribution is 6.30. The third-order valence-corrected chi connectivity index (χ3v) is 5.27. The molecule has 4 nitrogen and oxygen atoms in total. The Labute approximate surface area is 163 Å². The topological polar surface area (TPSA) is 45.6 Å². The third kappa shape index (κ3) is 3.21. The Bertz CT molecular complexity index is 1050. The summed E-state index contributed by atoms with van der Waals surface area (Å²) >= 11 is 6.56. The van der Waals surface area contributed by atoms with E-state index in [2.05, 4.69) is 10.1 Å². The van der Waals surface area contributed by atoms with E-state index in [-0.39, 0.29) is 11.9 Å².